The fourth-order valence-corrected chi connectivity index (χ4v) is 2.92. The molecule has 0 saturated heterocycles. The van der Waals surface area contributed by atoms with Crippen LogP contribution >= 0.6 is 0 Å². The molecule has 0 aliphatic heterocycles. The van der Waals surface area contributed by atoms with Crippen LogP contribution in [-0.4, -0.2) is 30.4 Å². The standard InChI is InChI=1S/C20H24O5/c1-4-13-12-14(24-2)8-9-15(13)19(22)11-10-16-17(20(23)25-3)6-5-7-18(16)21/h5-9,12,19,21-22H,4,10-11H2,1-3H3. The molecule has 5 nitrogen and oxygen atoms in total. The number of phenols is 1. The molecule has 2 N–H and O–H groups in total. The summed E-state index contributed by atoms with van der Waals surface area (Å²) in [7, 11) is 2.91. The predicted octanol–water partition coefficient (Wildman–Crippen LogP) is 3.42. The van der Waals surface area contributed by atoms with Gasteiger partial charge in [0, 0.05) is 5.56 Å². The Kier molecular flexibility index (Phi) is 6.42. The van der Waals surface area contributed by atoms with Crippen LogP contribution < -0.4 is 4.74 Å². The normalized spacial score (nSPS) is 11.8. The minimum Gasteiger partial charge on any atom is -0.508 e. The summed E-state index contributed by atoms with van der Waals surface area (Å²) in [6.07, 6.45) is 0.799. The van der Waals surface area contributed by atoms with Gasteiger partial charge in [-0.1, -0.05) is 19.1 Å². The quantitative estimate of drug-likeness (QED) is 0.753. The van der Waals surface area contributed by atoms with Gasteiger partial charge in [0.25, 0.3) is 0 Å². The third-order valence-electron chi connectivity index (χ3n) is 4.31. The van der Waals surface area contributed by atoms with Crippen LogP contribution in [0.15, 0.2) is 36.4 Å². The number of ether oxygens (including phenoxy) is 2. The summed E-state index contributed by atoms with van der Waals surface area (Å²) >= 11 is 0. The Morgan fingerprint density at radius 1 is 1.20 bits per heavy atom. The lowest BCUT2D eigenvalue weighted by Crippen LogP contribution is -2.08. The second-order valence-electron chi connectivity index (χ2n) is 5.77. The van der Waals surface area contributed by atoms with Gasteiger partial charge >= 0.3 is 5.97 Å². The molecule has 2 aromatic rings. The summed E-state index contributed by atoms with van der Waals surface area (Å²) in [4.78, 5) is 11.9. The van der Waals surface area contributed by atoms with Crippen molar-refractivity contribution >= 4 is 5.97 Å². The average Bonchev–Trinajstić information content (AvgIpc) is 2.65. The molecule has 1 unspecified atom stereocenters. The molecule has 0 aliphatic rings. The number of benzene rings is 2. The highest BCUT2D eigenvalue weighted by atomic mass is 16.5. The monoisotopic (exact) mass is 344 g/mol. The zero-order valence-electron chi connectivity index (χ0n) is 14.8. The second-order valence-corrected chi connectivity index (χ2v) is 5.77. The van der Waals surface area contributed by atoms with Crippen LogP contribution in [0.4, 0.5) is 0 Å². The van der Waals surface area contributed by atoms with Crippen molar-refractivity contribution in [2.24, 2.45) is 0 Å². The number of carbonyl (C=O) groups is 1. The molecule has 0 fully saturated rings. The maximum atomic E-state index is 11.9. The molecule has 2 rings (SSSR count). The van der Waals surface area contributed by atoms with Crippen molar-refractivity contribution in [3.63, 3.8) is 0 Å². The molecular weight excluding hydrogens is 320 g/mol. The molecule has 0 aliphatic carbocycles. The fraction of sp³-hybridized carbons (Fsp3) is 0.350. The molecule has 5 heteroatoms. The number of esters is 1. The lowest BCUT2D eigenvalue weighted by molar-refractivity contribution is 0.0598. The Morgan fingerprint density at radius 3 is 2.60 bits per heavy atom. The number of aromatic hydroxyl groups is 1. The van der Waals surface area contributed by atoms with E-state index < -0.39 is 12.1 Å². The predicted molar refractivity (Wildman–Crippen MR) is 95.1 cm³/mol. The van der Waals surface area contributed by atoms with E-state index in [0.29, 0.717) is 24.0 Å². The molecule has 1 atom stereocenters. The highest BCUT2D eigenvalue weighted by Gasteiger charge is 2.18. The fourth-order valence-electron chi connectivity index (χ4n) is 2.92. The number of hydrogen-bond acceptors (Lipinski definition) is 5. The van der Waals surface area contributed by atoms with E-state index in [2.05, 4.69) is 0 Å². The third kappa shape index (κ3) is 4.31. The lowest BCUT2D eigenvalue weighted by Gasteiger charge is -2.17. The second kappa shape index (κ2) is 8.53. The minimum absolute atomic E-state index is 0.0283. The van der Waals surface area contributed by atoms with Gasteiger partial charge in [-0.3, -0.25) is 0 Å². The summed E-state index contributed by atoms with van der Waals surface area (Å²) in [5, 5.41) is 20.7. The van der Waals surface area contributed by atoms with E-state index in [1.807, 2.05) is 25.1 Å². The van der Waals surface area contributed by atoms with Crippen molar-refractivity contribution in [1.29, 1.82) is 0 Å². The topological polar surface area (TPSA) is 76.0 Å². The molecule has 0 aromatic heterocycles. The number of methoxy groups -OCH3 is 2. The van der Waals surface area contributed by atoms with E-state index in [9.17, 15) is 15.0 Å². The van der Waals surface area contributed by atoms with Crippen LogP contribution in [0.5, 0.6) is 11.5 Å². The molecule has 0 saturated carbocycles. The molecule has 0 radical (unpaired) electrons. The first kappa shape index (κ1) is 18.8. The van der Waals surface area contributed by atoms with E-state index in [0.717, 1.165) is 23.3 Å². The van der Waals surface area contributed by atoms with Gasteiger partial charge < -0.3 is 19.7 Å². The molecule has 0 heterocycles. The van der Waals surface area contributed by atoms with Crippen LogP contribution in [-0.2, 0) is 17.6 Å². The molecular formula is C20H24O5. The summed E-state index contributed by atoms with van der Waals surface area (Å²) in [6.45, 7) is 2.02. The van der Waals surface area contributed by atoms with Crippen LogP contribution in [0.1, 0.15) is 46.5 Å². The number of phenolic OH excluding ortho intramolecular Hbond substituents is 1. The number of aryl methyl sites for hydroxylation is 1. The van der Waals surface area contributed by atoms with Gasteiger partial charge in [0.1, 0.15) is 11.5 Å². The highest BCUT2D eigenvalue weighted by Crippen LogP contribution is 2.29. The van der Waals surface area contributed by atoms with Crippen molar-refractivity contribution in [2.75, 3.05) is 14.2 Å². The Balaban J connectivity index is 2.21. The van der Waals surface area contributed by atoms with Crippen molar-refractivity contribution in [3.05, 3.63) is 58.7 Å². The van der Waals surface area contributed by atoms with Crippen LogP contribution in [0.2, 0.25) is 0 Å². The van der Waals surface area contributed by atoms with E-state index >= 15 is 0 Å². The Hall–Kier alpha value is -2.53. The zero-order valence-corrected chi connectivity index (χ0v) is 14.8. The van der Waals surface area contributed by atoms with Crippen LogP contribution in [0.3, 0.4) is 0 Å². The first-order valence-electron chi connectivity index (χ1n) is 8.25. The van der Waals surface area contributed by atoms with Gasteiger partial charge in [0.05, 0.1) is 25.9 Å². The molecule has 0 bridgehead atoms. The van der Waals surface area contributed by atoms with Gasteiger partial charge in [-0.15, -0.1) is 0 Å². The van der Waals surface area contributed by atoms with E-state index in [-0.39, 0.29) is 5.75 Å². The Bertz CT molecular complexity index is 739. The van der Waals surface area contributed by atoms with Crippen molar-refractivity contribution in [2.45, 2.75) is 32.3 Å². The van der Waals surface area contributed by atoms with Crippen molar-refractivity contribution in [1.82, 2.24) is 0 Å². The summed E-state index contributed by atoms with van der Waals surface area (Å²) in [5.74, 6) is 0.279. The molecule has 25 heavy (non-hydrogen) atoms. The lowest BCUT2D eigenvalue weighted by atomic mass is 9.94. The van der Waals surface area contributed by atoms with E-state index in [1.165, 1.54) is 13.2 Å². The SMILES string of the molecule is CCc1cc(OC)ccc1C(O)CCc1c(O)cccc1C(=O)OC. The maximum absolute atomic E-state index is 11.9. The zero-order chi connectivity index (χ0) is 18.4. The summed E-state index contributed by atoms with van der Waals surface area (Å²) in [5.41, 5.74) is 2.65. The molecule has 0 amide bonds. The van der Waals surface area contributed by atoms with Gasteiger partial charge in [-0.05, 0) is 54.7 Å². The Labute approximate surface area is 147 Å². The van der Waals surface area contributed by atoms with Gasteiger partial charge in [-0.2, -0.15) is 0 Å². The van der Waals surface area contributed by atoms with Crippen molar-refractivity contribution < 1.29 is 24.5 Å². The van der Waals surface area contributed by atoms with Crippen molar-refractivity contribution in [3.8, 4) is 11.5 Å². The first-order valence-corrected chi connectivity index (χ1v) is 8.25. The number of carbonyl (C=O) groups excluding carboxylic acids is 1. The molecule has 2 aromatic carbocycles. The Morgan fingerprint density at radius 2 is 1.96 bits per heavy atom. The largest absolute Gasteiger partial charge is 0.508 e. The summed E-state index contributed by atoms with van der Waals surface area (Å²) in [6, 6.07) is 10.3. The highest BCUT2D eigenvalue weighted by molar-refractivity contribution is 5.91. The first-order chi connectivity index (χ1) is 12.0. The van der Waals surface area contributed by atoms with Gasteiger partial charge in [0.2, 0.25) is 0 Å². The third-order valence-corrected chi connectivity index (χ3v) is 4.31. The van der Waals surface area contributed by atoms with Crippen LogP contribution in [0.25, 0.3) is 0 Å². The van der Waals surface area contributed by atoms with E-state index in [4.69, 9.17) is 9.47 Å². The number of aliphatic hydroxyl groups is 1. The number of rotatable bonds is 7. The van der Waals surface area contributed by atoms with Gasteiger partial charge in [0.15, 0.2) is 0 Å². The van der Waals surface area contributed by atoms with E-state index in [1.54, 1.807) is 19.2 Å². The van der Waals surface area contributed by atoms with Gasteiger partial charge in [-0.25, -0.2) is 4.79 Å². The molecule has 0 spiro atoms. The van der Waals surface area contributed by atoms with Crippen LogP contribution in [0, 0.1) is 0 Å². The average molecular weight is 344 g/mol. The number of aliphatic hydroxyl groups excluding tert-OH is 1. The minimum atomic E-state index is -0.703. The maximum Gasteiger partial charge on any atom is 0.338 e. The number of hydrogen-bond donors (Lipinski definition) is 2. The summed E-state index contributed by atoms with van der Waals surface area (Å²) < 4.78 is 9.98. The smallest absolute Gasteiger partial charge is 0.338 e. The molecule has 134 valence electrons.